The van der Waals surface area contributed by atoms with Crippen LogP contribution in [0.2, 0.25) is 0 Å². The van der Waals surface area contributed by atoms with Crippen molar-refractivity contribution in [3.8, 4) is 22.1 Å². The molecule has 0 spiro atoms. The molecular weight excluding hydrogens is 424 g/mol. The highest BCUT2D eigenvalue weighted by molar-refractivity contribution is 7.14. The molecule has 1 saturated carbocycles. The third-order valence-electron chi connectivity index (χ3n) is 6.20. The van der Waals surface area contributed by atoms with Crippen LogP contribution in [0.1, 0.15) is 72.9 Å². The number of unbranched alkanes of at least 4 members (excludes halogenated alkanes) is 1. The van der Waals surface area contributed by atoms with E-state index in [0.29, 0.717) is 5.92 Å². The van der Waals surface area contributed by atoms with E-state index < -0.39 is 0 Å². The Hall–Kier alpha value is -1.99. The zero-order chi connectivity index (χ0) is 21.8. The maximum absolute atomic E-state index is 12.9. The van der Waals surface area contributed by atoms with Gasteiger partial charge < -0.3 is 9.88 Å². The second-order valence-electron chi connectivity index (χ2n) is 8.54. The fourth-order valence-electron chi connectivity index (χ4n) is 4.40. The molecule has 1 amide bonds. The Morgan fingerprint density at radius 3 is 2.61 bits per heavy atom. The lowest BCUT2D eigenvalue weighted by molar-refractivity contribution is 0.0952. The lowest BCUT2D eigenvalue weighted by atomic mass is 9.89. The summed E-state index contributed by atoms with van der Waals surface area (Å²) >= 11 is 3.27. The van der Waals surface area contributed by atoms with Gasteiger partial charge in [0.2, 0.25) is 0 Å². The number of amides is 1. The van der Waals surface area contributed by atoms with Gasteiger partial charge in [-0.15, -0.1) is 22.7 Å². The van der Waals surface area contributed by atoms with Crippen molar-refractivity contribution in [2.45, 2.75) is 72.3 Å². The lowest BCUT2D eigenvalue weighted by Gasteiger charge is -2.24. The number of rotatable bonds is 8. The Morgan fingerprint density at radius 2 is 1.90 bits per heavy atom. The van der Waals surface area contributed by atoms with Crippen LogP contribution in [0.4, 0.5) is 0 Å². The van der Waals surface area contributed by atoms with Crippen molar-refractivity contribution in [3.05, 3.63) is 33.1 Å². The van der Waals surface area contributed by atoms with Gasteiger partial charge in [0.25, 0.3) is 5.91 Å². The smallest absolute Gasteiger partial charge is 0.253 e. The molecule has 0 radical (unpaired) electrons. The van der Waals surface area contributed by atoms with E-state index in [1.165, 1.54) is 32.1 Å². The molecule has 31 heavy (non-hydrogen) atoms. The molecule has 3 aromatic rings. The minimum atomic E-state index is 0.0279. The molecular formula is C24H32N4OS2. The number of carbonyl (C=O) groups is 1. The molecule has 4 rings (SSSR count). The van der Waals surface area contributed by atoms with Crippen molar-refractivity contribution in [2.24, 2.45) is 5.92 Å². The summed E-state index contributed by atoms with van der Waals surface area (Å²) < 4.78 is 2.34. The molecule has 1 fully saturated rings. The fraction of sp³-hybridized carbons (Fsp3) is 0.542. The van der Waals surface area contributed by atoms with Crippen molar-refractivity contribution >= 4 is 28.6 Å². The van der Waals surface area contributed by atoms with Crippen LogP contribution < -0.4 is 5.32 Å². The van der Waals surface area contributed by atoms with E-state index in [-0.39, 0.29) is 5.91 Å². The predicted octanol–water partition coefficient (Wildman–Crippen LogP) is 6.46. The predicted molar refractivity (Wildman–Crippen MR) is 130 cm³/mol. The molecule has 1 aliphatic rings. The summed E-state index contributed by atoms with van der Waals surface area (Å²) in [7, 11) is 0. The first-order valence-electron chi connectivity index (χ1n) is 11.4. The van der Waals surface area contributed by atoms with E-state index in [9.17, 15) is 4.79 Å². The normalized spacial score (nSPS) is 14.8. The first-order valence-corrected chi connectivity index (χ1v) is 13.2. The minimum absolute atomic E-state index is 0.0279. The average Bonchev–Trinajstić information content (AvgIpc) is 3.49. The highest BCUT2D eigenvalue weighted by Gasteiger charge is 2.23. The third-order valence-corrected chi connectivity index (χ3v) is 7.84. The van der Waals surface area contributed by atoms with E-state index in [1.807, 2.05) is 13.0 Å². The molecule has 0 aliphatic heterocycles. The minimum Gasteiger partial charge on any atom is -0.352 e. The van der Waals surface area contributed by atoms with Crippen molar-refractivity contribution in [1.29, 1.82) is 0 Å². The second kappa shape index (κ2) is 10.1. The van der Waals surface area contributed by atoms with Gasteiger partial charge in [0.1, 0.15) is 10.7 Å². The summed E-state index contributed by atoms with van der Waals surface area (Å²) in [4.78, 5) is 22.4. The molecule has 166 valence electrons. The number of thiazole rings is 2. The van der Waals surface area contributed by atoms with E-state index in [2.05, 4.69) is 39.5 Å². The summed E-state index contributed by atoms with van der Waals surface area (Å²) in [6.45, 7) is 7.93. The molecule has 7 heteroatoms. The van der Waals surface area contributed by atoms with Gasteiger partial charge in [0, 0.05) is 29.5 Å². The van der Waals surface area contributed by atoms with Crippen LogP contribution in [0.3, 0.4) is 0 Å². The van der Waals surface area contributed by atoms with Crippen LogP contribution >= 0.6 is 22.7 Å². The van der Waals surface area contributed by atoms with Crippen LogP contribution in [0.25, 0.3) is 22.1 Å². The van der Waals surface area contributed by atoms with E-state index in [1.54, 1.807) is 22.7 Å². The average molecular weight is 457 g/mol. The molecule has 3 aromatic heterocycles. The van der Waals surface area contributed by atoms with Gasteiger partial charge in [0.15, 0.2) is 0 Å². The SMILES string of the molecule is CCCCNC(=O)c1cc(-c2csc(-c3csc(C)n3)n2)n(CC2CCCCC2)c1C. The Bertz CT molecular complexity index is 1030. The Balaban J connectivity index is 1.66. The number of hydrogen-bond acceptors (Lipinski definition) is 5. The Labute approximate surface area is 192 Å². The number of hydrogen-bond donors (Lipinski definition) is 1. The molecule has 0 atom stereocenters. The van der Waals surface area contributed by atoms with Gasteiger partial charge in [-0.05, 0) is 45.1 Å². The summed E-state index contributed by atoms with van der Waals surface area (Å²) in [5, 5.41) is 9.26. The zero-order valence-corrected chi connectivity index (χ0v) is 20.4. The van der Waals surface area contributed by atoms with E-state index in [0.717, 1.165) is 64.3 Å². The van der Waals surface area contributed by atoms with Gasteiger partial charge in [0.05, 0.1) is 22.0 Å². The van der Waals surface area contributed by atoms with Crippen molar-refractivity contribution in [2.75, 3.05) is 6.54 Å². The summed E-state index contributed by atoms with van der Waals surface area (Å²) in [5.41, 5.74) is 4.77. The van der Waals surface area contributed by atoms with E-state index >= 15 is 0 Å². The zero-order valence-electron chi connectivity index (χ0n) is 18.7. The standard InChI is InChI=1S/C24H32N4OS2/c1-4-5-11-25-23(29)19-12-22(28(16(19)2)13-18-9-7-6-8-10-18)20-14-31-24(27-20)21-15-30-17(3)26-21/h12,14-15,18H,4-11,13H2,1-3H3,(H,25,29). The highest BCUT2D eigenvalue weighted by atomic mass is 32.1. The molecule has 0 unspecified atom stereocenters. The Kier molecular flexibility index (Phi) is 7.23. The molecule has 0 bridgehead atoms. The summed E-state index contributed by atoms with van der Waals surface area (Å²) in [5.74, 6) is 0.703. The molecule has 1 aliphatic carbocycles. The summed E-state index contributed by atoms with van der Waals surface area (Å²) in [6, 6.07) is 2.05. The maximum Gasteiger partial charge on any atom is 0.253 e. The number of aryl methyl sites for hydroxylation is 1. The van der Waals surface area contributed by atoms with Crippen molar-refractivity contribution in [1.82, 2.24) is 19.9 Å². The highest BCUT2D eigenvalue weighted by Crippen LogP contribution is 2.34. The third kappa shape index (κ3) is 5.09. The topological polar surface area (TPSA) is 59.8 Å². The van der Waals surface area contributed by atoms with Gasteiger partial charge in [-0.25, -0.2) is 9.97 Å². The van der Waals surface area contributed by atoms with E-state index in [4.69, 9.17) is 4.98 Å². The fourth-order valence-corrected chi connectivity index (χ4v) is 5.84. The first-order chi connectivity index (χ1) is 15.1. The monoisotopic (exact) mass is 456 g/mol. The van der Waals surface area contributed by atoms with Gasteiger partial charge in [-0.1, -0.05) is 32.6 Å². The van der Waals surface area contributed by atoms with Gasteiger partial charge >= 0.3 is 0 Å². The summed E-state index contributed by atoms with van der Waals surface area (Å²) in [6.07, 6.45) is 8.60. The van der Waals surface area contributed by atoms with Crippen LogP contribution in [-0.4, -0.2) is 27.0 Å². The van der Waals surface area contributed by atoms with Crippen LogP contribution in [0.15, 0.2) is 16.8 Å². The van der Waals surface area contributed by atoms with Crippen molar-refractivity contribution < 1.29 is 4.79 Å². The van der Waals surface area contributed by atoms with Gasteiger partial charge in [-0.2, -0.15) is 0 Å². The Morgan fingerprint density at radius 1 is 1.13 bits per heavy atom. The molecule has 3 heterocycles. The van der Waals surface area contributed by atoms with Crippen LogP contribution in [0.5, 0.6) is 0 Å². The number of carbonyl (C=O) groups excluding carboxylic acids is 1. The molecule has 0 saturated heterocycles. The lowest BCUT2D eigenvalue weighted by Crippen LogP contribution is -2.25. The van der Waals surface area contributed by atoms with Crippen LogP contribution in [-0.2, 0) is 6.54 Å². The molecule has 5 nitrogen and oxygen atoms in total. The molecule has 1 N–H and O–H groups in total. The quantitative estimate of drug-likeness (QED) is 0.396. The molecule has 0 aromatic carbocycles. The first kappa shape index (κ1) is 22.2. The van der Waals surface area contributed by atoms with Gasteiger partial charge in [-0.3, -0.25) is 4.79 Å². The number of nitrogens with zero attached hydrogens (tertiary/aromatic N) is 3. The maximum atomic E-state index is 12.9. The van der Waals surface area contributed by atoms with Crippen molar-refractivity contribution in [3.63, 3.8) is 0 Å². The number of aromatic nitrogens is 3. The van der Waals surface area contributed by atoms with Crippen LogP contribution in [0, 0.1) is 19.8 Å². The number of nitrogens with one attached hydrogen (secondary N) is 1. The second-order valence-corrected chi connectivity index (χ2v) is 10.5. The largest absolute Gasteiger partial charge is 0.352 e.